The molecule has 0 aromatic heterocycles. The van der Waals surface area contributed by atoms with Crippen LogP contribution in [0.2, 0.25) is 0 Å². The summed E-state index contributed by atoms with van der Waals surface area (Å²) < 4.78 is 0. The summed E-state index contributed by atoms with van der Waals surface area (Å²) in [6.07, 6.45) is 0.392. The highest BCUT2D eigenvalue weighted by Gasteiger charge is 2.27. The van der Waals surface area contributed by atoms with Crippen LogP contribution >= 0.6 is 12.6 Å². The molecule has 0 heterocycles. The SMILES string of the molecule is O=C(S)CCC(CO)(CO)CO. The van der Waals surface area contributed by atoms with E-state index in [2.05, 4.69) is 12.6 Å². The molecule has 0 saturated heterocycles. The topological polar surface area (TPSA) is 77.8 Å². The maximum atomic E-state index is 10.5. The summed E-state index contributed by atoms with van der Waals surface area (Å²) >= 11 is 3.54. The molecule has 72 valence electrons. The number of hydrogen-bond acceptors (Lipinski definition) is 4. The Bertz CT molecular complexity index is 136. The molecule has 0 spiro atoms. The Balaban J connectivity index is 4.01. The molecule has 0 unspecified atom stereocenters. The lowest BCUT2D eigenvalue weighted by molar-refractivity contribution is -0.112. The molecular weight excluding hydrogens is 180 g/mol. The number of thiol groups is 1. The Morgan fingerprint density at radius 3 is 1.83 bits per heavy atom. The second-order valence-corrected chi connectivity index (χ2v) is 3.37. The van der Waals surface area contributed by atoms with E-state index in [1.165, 1.54) is 0 Å². The molecule has 0 radical (unpaired) electrons. The van der Waals surface area contributed by atoms with Gasteiger partial charge >= 0.3 is 0 Å². The van der Waals surface area contributed by atoms with E-state index in [1.807, 2.05) is 0 Å². The van der Waals surface area contributed by atoms with Crippen molar-refractivity contribution in [2.75, 3.05) is 19.8 Å². The molecule has 0 saturated carbocycles. The van der Waals surface area contributed by atoms with Crippen LogP contribution in [0.25, 0.3) is 0 Å². The molecule has 0 bridgehead atoms. The maximum absolute atomic E-state index is 10.5. The van der Waals surface area contributed by atoms with Gasteiger partial charge in [0, 0.05) is 11.8 Å². The molecule has 0 aliphatic heterocycles. The van der Waals surface area contributed by atoms with Crippen LogP contribution in [-0.2, 0) is 4.79 Å². The molecular formula is C7H14O4S. The van der Waals surface area contributed by atoms with Crippen molar-refractivity contribution in [2.24, 2.45) is 5.41 Å². The Labute approximate surface area is 76.6 Å². The van der Waals surface area contributed by atoms with Crippen LogP contribution in [0.3, 0.4) is 0 Å². The minimum Gasteiger partial charge on any atom is -0.396 e. The Hall–Kier alpha value is -0.100. The van der Waals surface area contributed by atoms with Gasteiger partial charge < -0.3 is 15.3 Å². The van der Waals surface area contributed by atoms with E-state index in [0.717, 1.165) is 0 Å². The minimum absolute atomic E-state index is 0.144. The second-order valence-electron chi connectivity index (χ2n) is 2.87. The first-order valence-electron chi connectivity index (χ1n) is 3.64. The summed E-state index contributed by atoms with van der Waals surface area (Å²) in [5.74, 6) is 0. The van der Waals surface area contributed by atoms with Crippen LogP contribution in [0.4, 0.5) is 0 Å². The van der Waals surface area contributed by atoms with Crippen molar-refractivity contribution in [1.82, 2.24) is 0 Å². The lowest BCUT2D eigenvalue weighted by Crippen LogP contribution is -2.34. The van der Waals surface area contributed by atoms with Crippen LogP contribution in [0, 0.1) is 5.41 Å². The fourth-order valence-corrected chi connectivity index (χ4v) is 0.871. The third-order valence-electron chi connectivity index (χ3n) is 1.88. The van der Waals surface area contributed by atoms with Gasteiger partial charge in [0.2, 0.25) is 0 Å². The van der Waals surface area contributed by atoms with Crippen molar-refractivity contribution in [3.63, 3.8) is 0 Å². The standard InChI is InChI=1S/C7H14O4S/c8-3-7(4-9,5-10)2-1-6(11)12/h8-10H,1-5H2,(H,11,12). The van der Waals surface area contributed by atoms with Crippen LogP contribution in [0.5, 0.6) is 0 Å². The van der Waals surface area contributed by atoms with Crippen molar-refractivity contribution in [1.29, 1.82) is 0 Å². The van der Waals surface area contributed by atoms with Crippen molar-refractivity contribution in [3.8, 4) is 0 Å². The van der Waals surface area contributed by atoms with E-state index in [-0.39, 0.29) is 37.8 Å². The Kier molecular flexibility index (Phi) is 5.48. The smallest absolute Gasteiger partial charge is 0.185 e. The van der Waals surface area contributed by atoms with Crippen molar-refractivity contribution in [2.45, 2.75) is 12.8 Å². The molecule has 0 fully saturated rings. The molecule has 0 atom stereocenters. The molecule has 0 amide bonds. The molecule has 0 aromatic carbocycles. The zero-order chi connectivity index (χ0) is 9.61. The van der Waals surface area contributed by atoms with Crippen LogP contribution in [-0.4, -0.2) is 40.3 Å². The van der Waals surface area contributed by atoms with E-state index in [0.29, 0.717) is 0 Å². The zero-order valence-electron chi connectivity index (χ0n) is 6.73. The summed E-state index contributed by atoms with van der Waals surface area (Å²) in [6, 6.07) is 0. The third-order valence-corrected chi connectivity index (χ3v) is 2.10. The van der Waals surface area contributed by atoms with Gasteiger partial charge in [0.15, 0.2) is 5.12 Å². The first kappa shape index (κ1) is 11.9. The van der Waals surface area contributed by atoms with Crippen LogP contribution in [0.1, 0.15) is 12.8 Å². The Morgan fingerprint density at radius 1 is 1.17 bits per heavy atom. The summed E-state index contributed by atoms with van der Waals surface area (Å²) in [4.78, 5) is 10.5. The fourth-order valence-electron chi connectivity index (χ4n) is 0.759. The van der Waals surface area contributed by atoms with Gasteiger partial charge in [-0.05, 0) is 6.42 Å². The van der Waals surface area contributed by atoms with Crippen LogP contribution in [0.15, 0.2) is 0 Å². The third kappa shape index (κ3) is 3.53. The number of hydrogen-bond donors (Lipinski definition) is 4. The average Bonchev–Trinajstić information content (AvgIpc) is 2.08. The average molecular weight is 194 g/mol. The van der Waals surface area contributed by atoms with Gasteiger partial charge in [0.25, 0.3) is 0 Å². The van der Waals surface area contributed by atoms with E-state index in [1.54, 1.807) is 0 Å². The summed E-state index contributed by atoms with van der Waals surface area (Å²) in [5, 5.41) is 26.2. The molecule has 0 aliphatic carbocycles. The number of carbonyl (C=O) groups excluding carboxylic acids is 1. The zero-order valence-corrected chi connectivity index (χ0v) is 7.63. The first-order chi connectivity index (χ1) is 5.60. The molecule has 0 aromatic rings. The summed E-state index contributed by atoms with van der Waals surface area (Å²) in [7, 11) is 0. The van der Waals surface area contributed by atoms with Gasteiger partial charge in [-0.3, -0.25) is 4.79 Å². The predicted octanol–water partition coefficient (Wildman–Crippen LogP) is -0.814. The largest absolute Gasteiger partial charge is 0.396 e. The lowest BCUT2D eigenvalue weighted by atomic mass is 9.86. The van der Waals surface area contributed by atoms with Gasteiger partial charge in [-0.15, -0.1) is 12.6 Å². The first-order valence-corrected chi connectivity index (χ1v) is 4.09. The van der Waals surface area contributed by atoms with Gasteiger partial charge in [-0.25, -0.2) is 0 Å². The van der Waals surface area contributed by atoms with Crippen LogP contribution < -0.4 is 0 Å². The van der Waals surface area contributed by atoms with E-state index < -0.39 is 5.41 Å². The molecule has 5 heteroatoms. The van der Waals surface area contributed by atoms with Gasteiger partial charge in [-0.1, -0.05) is 0 Å². The second kappa shape index (κ2) is 5.53. The lowest BCUT2D eigenvalue weighted by Gasteiger charge is -2.26. The van der Waals surface area contributed by atoms with Crippen molar-refractivity contribution in [3.05, 3.63) is 0 Å². The molecule has 12 heavy (non-hydrogen) atoms. The quantitative estimate of drug-likeness (QED) is 0.417. The van der Waals surface area contributed by atoms with Gasteiger partial charge in [-0.2, -0.15) is 0 Å². The minimum atomic E-state index is -0.946. The highest BCUT2D eigenvalue weighted by molar-refractivity contribution is 7.96. The van der Waals surface area contributed by atoms with Gasteiger partial charge in [0.1, 0.15) is 0 Å². The summed E-state index contributed by atoms with van der Waals surface area (Å²) in [6.45, 7) is -0.997. The maximum Gasteiger partial charge on any atom is 0.185 e. The number of aliphatic hydroxyl groups is 3. The summed E-state index contributed by atoms with van der Waals surface area (Å²) in [5.41, 5.74) is -0.946. The van der Waals surface area contributed by atoms with Crippen molar-refractivity contribution < 1.29 is 20.1 Å². The molecule has 4 nitrogen and oxygen atoms in total. The fraction of sp³-hybridized carbons (Fsp3) is 0.857. The predicted molar refractivity (Wildman–Crippen MR) is 46.9 cm³/mol. The monoisotopic (exact) mass is 194 g/mol. The molecule has 3 N–H and O–H groups in total. The molecule has 0 rings (SSSR count). The van der Waals surface area contributed by atoms with E-state index in [4.69, 9.17) is 15.3 Å². The van der Waals surface area contributed by atoms with Crippen molar-refractivity contribution >= 4 is 17.7 Å². The Morgan fingerprint density at radius 2 is 1.58 bits per heavy atom. The number of carbonyl (C=O) groups is 1. The number of rotatable bonds is 6. The molecule has 0 aliphatic rings. The number of aliphatic hydroxyl groups excluding tert-OH is 3. The van der Waals surface area contributed by atoms with Gasteiger partial charge in [0.05, 0.1) is 19.8 Å². The highest BCUT2D eigenvalue weighted by Crippen LogP contribution is 2.22. The van der Waals surface area contributed by atoms with E-state index in [9.17, 15) is 4.79 Å². The van der Waals surface area contributed by atoms with E-state index >= 15 is 0 Å². The normalized spacial score (nSPS) is 11.7. The highest BCUT2D eigenvalue weighted by atomic mass is 32.1.